The first-order chi connectivity index (χ1) is 12.0. The Morgan fingerprint density at radius 1 is 1.20 bits per heavy atom. The summed E-state index contributed by atoms with van der Waals surface area (Å²) in [6, 6.07) is 9.55. The minimum absolute atomic E-state index is 0.172. The third-order valence-corrected chi connectivity index (χ3v) is 3.92. The largest absolute Gasteiger partial charge is 0.493 e. The van der Waals surface area contributed by atoms with Crippen LogP contribution in [-0.2, 0) is 0 Å². The van der Waals surface area contributed by atoms with Crippen molar-refractivity contribution in [2.24, 2.45) is 5.10 Å². The monoisotopic (exact) mass is 455 g/mol. The fourth-order valence-corrected chi connectivity index (χ4v) is 2.33. The van der Waals surface area contributed by atoms with Crippen molar-refractivity contribution >= 4 is 40.4 Å². The van der Waals surface area contributed by atoms with E-state index in [4.69, 9.17) is 9.47 Å². The third-order valence-electron chi connectivity index (χ3n) is 3.21. The zero-order valence-electron chi connectivity index (χ0n) is 13.4. The number of hydrogen-bond acceptors (Lipinski definition) is 6. The number of hydrazone groups is 1. The van der Waals surface area contributed by atoms with E-state index in [1.54, 1.807) is 24.3 Å². The van der Waals surface area contributed by atoms with Gasteiger partial charge in [0.05, 0.1) is 37.0 Å². The molecule has 130 valence electrons. The number of nitrogens with zero attached hydrogens (tertiary/aromatic N) is 2. The maximum Gasteiger partial charge on any atom is 0.282 e. The van der Waals surface area contributed by atoms with Crippen LogP contribution in [0.15, 0.2) is 41.5 Å². The summed E-state index contributed by atoms with van der Waals surface area (Å²) in [5, 5.41) is 15.0. The maximum absolute atomic E-state index is 12.0. The van der Waals surface area contributed by atoms with Gasteiger partial charge in [-0.15, -0.1) is 0 Å². The molecule has 0 heterocycles. The van der Waals surface area contributed by atoms with Crippen LogP contribution in [0.1, 0.15) is 15.9 Å². The molecule has 0 atom stereocenters. The van der Waals surface area contributed by atoms with Gasteiger partial charge in [-0.25, -0.2) is 5.43 Å². The molecule has 1 amide bonds. The molecule has 0 radical (unpaired) electrons. The van der Waals surface area contributed by atoms with E-state index in [0.717, 1.165) is 3.57 Å². The summed E-state index contributed by atoms with van der Waals surface area (Å²) in [5.74, 6) is 0.128. The number of nitrogens with one attached hydrogen (secondary N) is 1. The van der Waals surface area contributed by atoms with Gasteiger partial charge in [0.15, 0.2) is 11.5 Å². The fourth-order valence-electron chi connectivity index (χ4n) is 1.97. The molecule has 0 aliphatic heterocycles. The van der Waals surface area contributed by atoms with Crippen molar-refractivity contribution in [3.8, 4) is 11.5 Å². The number of methoxy groups -OCH3 is 2. The average Bonchev–Trinajstić information content (AvgIpc) is 2.61. The van der Waals surface area contributed by atoms with Crippen LogP contribution in [0.3, 0.4) is 0 Å². The van der Waals surface area contributed by atoms with Gasteiger partial charge in [-0.05, 0) is 52.9 Å². The van der Waals surface area contributed by atoms with Gasteiger partial charge in [0, 0.05) is 9.13 Å². The number of carbonyl (C=O) groups excluding carboxylic acids is 1. The van der Waals surface area contributed by atoms with Crippen LogP contribution >= 0.6 is 22.6 Å². The SMILES string of the molecule is COc1cc(/C=N\NC(=O)c2ccc(I)cc2)c([N+](=O)[O-])cc1OC. The van der Waals surface area contributed by atoms with Gasteiger partial charge in [0.2, 0.25) is 0 Å². The smallest absolute Gasteiger partial charge is 0.282 e. The van der Waals surface area contributed by atoms with Crippen molar-refractivity contribution in [3.63, 3.8) is 0 Å². The topological polar surface area (TPSA) is 103 Å². The molecule has 1 N–H and O–H groups in total. The molecule has 0 bridgehead atoms. The van der Waals surface area contributed by atoms with E-state index in [1.165, 1.54) is 32.6 Å². The van der Waals surface area contributed by atoms with Gasteiger partial charge in [-0.3, -0.25) is 14.9 Å². The zero-order chi connectivity index (χ0) is 18.4. The number of amides is 1. The summed E-state index contributed by atoms with van der Waals surface area (Å²) in [4.78, 5) is 22.6. The molecule has 0 saturated heterocycles. The minimum Gasteiger partial charge on any atom is -0.493 e. The predicted octanol–water partition coefficient (Wildman–Crippen LogP) is 2.98. The Kier molecular flexibility index (Phi) is 6.28. The minimum atomic E-state index is -0.565. The summed E-state index contributed by atoms with van der Waals surface area (Å²) in [7, 11) is 2.81. The first kappa shape index (κ1) is 18.6. The Bertz CT molecular complexity index is 821. The normalized spacial score (nSPS) is 10.5. The van der Waals surface area contributed by atoms with E-state index in [9.17, 15) is 14.9 Å². The van der Waals surface area contributed by atoms with Gasteiger partial charge in [0.1, 0.15) is 0 Å². The molecular weight excluding hydrogens is 441 g/mol. The highest BCUT2D eigenvalue weighted by molar-refractivity contribution is 14.1. The first-order valence-corrected chi connectivity index (χ1v) is 8.03. The molecule has 0 aliphatic carbocycles. The highest BCUT2D eigenvalue weighted by Crippen LogP contribution is 2.33. The van der Waals surface area contributed by atoms with Gasteiger partial charge >= 0.3 is 0 Å². The van der Waals surface area contributed by atoms with Crippen LogP contribution in [0.25, 0.3) is 0 Å². The molecule has 0 saturated carbocycles. The molecule has 2 rings (SSSR count). The van der Waals surface area contributed by atoms with Crippen molar-refractivity contribution in [1.29, 1.82) is 0 Å². The second-order valence-corrected chi connectivity index (χ2v) is 5.97. The Labute approximate surface area is 157 Å². The van der Waals surface area contributed by atoms with Crippen molar-refractivity contribution < 1.29 is 19.2 Å². The summed E-state index contributed by atoms with van der Waals surface area (Å²) < 4.78 is 11.2. The lowest BCUT2D eigenvalue weighted by atomic mass is 10.1. The van der Waals surface area contributed by atoms with Crippen LogP contribution in [0, 0.1) is 13.7 Å². The van der Waals surface area contributed by atoms with Crippen LogP contribution in [0.2, 0.25) is 0 Å². The molecule has 0 aromatic heterocycles. The van der Waals surface area contributed by atoms with Crippen LogP contribution in [0.5, 0.6) is 11.5 Å². The molecule has 0 fully saturated rings. The predicted molar refractivity (Wildman–Crippen MR) is 100 cm³/mol. The van der Waals surface area contributed by atoms with E-state index < -0.39 is 10.8 Å². The number of hydrogen-bond donors (Lipinski definition) is 1. The number of carbonyl (C=O) groups is 1. The number of nitro benzene ring substituents is 1. The molecule has 25 heavy (non-hydrogen) atoms. The van der Waals surface area contributed by atoms with Gasteiger partial charge in [0.25, 0.3) is 11.6 Å². The number of rotatable bonds is 6. The van der Waals surface area contributed by atoms with Crippen LogP contribution in [-0.4, -0.2) is 31.3 Å². The lowest BCUT2D eigenvalue weighted by Crippen LogP contribution is -2.17. The average molecular weight is 455 g/mol. The van der Waals surface area contributed by atoms with Crippen molar-refractivity contribution in [2.75, 3.05) is 14.2 Å². The summed E-state index contributed by atoms with van der Waals surface area (Å²) in [6.07, 6.45) is 1.19. The van der Waals surface area contributed by atoms with E-state index in [1.807, 2.05) is 0 Å². The van der Waals surface area contributed by atoms with E-state index in [-0.39, 0.29) is 17.0 Å². The number of ether oxygens (including phenoxy) is 2. The highest BCUT2D eigenvalue weighted by Gasteiger charge is 2.18. The van der Waals surface area contributed by atoms with E-state index >= 15 is 0 Å². The van der Waals surface area contributed by atoms with E-state index in [0.29, 0.717) is 11.3 Å². The Morgan fingerprint density at radius 2 is 1.80 bits per heavy atom. The molecule has 0 spiro atoms. The van der Waals surface area contributed by atoms with Crippen LogP contribution in [0.4, 0.5) is 5.69 Å². The second kappa shape index (κ2) is 8.42. The quantitative estimate of drug-likeness (QED) is 0.312. The third kappa shape index (κ3) is 4.66. The molecule has 2 aromatic rings. The summed E-state index contributed by atoms with van der Waals surface area (Å²) in [6.45, 7) is 0. The fraction of sp³-hybridized carbons (Fsp3) is 0.125. The van der Waals surface area contributed by atoms with Gasteiger partial charge in [-0.2, -0.15) is 5.10 Å². The standard InChI is InChI=1S/C16H14IN3O5/c1-24-14-7-11(13(20(22)23)8-15(14)25-2)9-18-19-16(21)10-3-5-12(17)6-4-10/h3-9H,1-2H3,(H,19,21)/b18-9-. The van der Waals surface area contributed by atoms with E-state index in [2.05, 4.69) is 33.1 Å². The highest BCUT2D eigenvalue weighted by atomic mass is 127. The number of benzene rings is 2. The van der Waals surface area contributed by atoms with Gasteiger partial charge < -0.3 is 9.47 Å². The first-order valence-electron chi connectivity index (χ1n) is 6.95. The van der Waals surface area contributed by atoms with Crippen molar-refractivity contribution in [1.82, 2.24) is 5.43 Å². The molecule has 0 unspecified atom stereocenters. The molecule has 8 nitrogen and oxygen atoms in total. The molecule has 2 aromatic carbocycles. The Hall–Kier alpha value is -2.69. The Morgan fingerprint density at radius 3 is 2.36 bits per heavy atom. The van der Waals surface area contributed by atoms with Crippen molar-refractivity contribution in [3.05, 3.63) is 61.2 Å². The lowest BCUT2D eigenvalue weighted by molar-refractivity contribution is -0.385. The summed E-state index contributed by atoms with van der Waals surface area (Å²) >= 11 is 2.13. The zero-order valence-corrected chi connectivity index (χ0v) is 15.5. The molecular formula is C16H14IN3O5. The Balaban J connectivity index is 2.23. The van der Waals surface area contributed by atoms with Gasteiger partial charge in [-0.1, -0.05) is 0 Å². The molecule has 9 heteroatoms. The second-order valence-electron chi connectivity index (χ2n) is 4.73. The number of halogens is 1. The number of nitro groups is 1. The van der Waals surface area contributed by atoms with Crippen molar-refractivity contribution in [2.45, 2.75) is 0 Å². The summed E-state index contributed by atoms with van der Waals surface area (Å²) in [5.41, 5.74) is 2.72. The molecule has 0 aliphatic rings. The maximum atomic E-state index is 12.0. The van der Waals surface area contributed by atoms with Crippen LogP contribution < -0.4 is 14.9 Å². The lowest BCUT2D eigenvalue weighted by Gasteiger charge is -2.08.